The van der Waals surface area contributed by atoms with Crippen LogP contribution in [0.5, 0.6) is 5.75 Å². The van der Waals surface area contributed by atoms with E-state index in [2.05, 4.69) is 10.3 Å². The first-order valence-electron chi connectivity index (χ1n) is 17.7. The Balaban J connectivity index is 0.985. The number of fused-ring (bicyclic) bond motifs is 1. The van der Waals surface area contributed by atoms with E-state index >= 15 is 13.2 Å². The SMILES string of the molecule is COc1cc(-c2cn(C)c(=O)c3cnccc23)cc(Cl)c1CN1CCC(C2CCN(c3ccc(CC4CCC(=O)NC4=O)cc3F)CC2)C(F)(F)C1. The van der Waals surface area contributed by atoms with E-state index in [9.17, 15) is 14.4 Å². The van der Waals surface area contributed by atoms with Gasteiger partial charge in [-0.2, -0.15) is 0 Å². The molecular weight excluding hydrogens is 695 g/mol. The van der Waals surface area contributed by atoms with Gasteiger partial charge >= 0.3 is 0 Å². The first-order chi connectivity index (χ1) is 24.9. The number of methoxy groups -OCH3 is 1. The summed E-state index contributed by atoms with van der Waals surface area (Å²) in [5.74, 6) is -4.79. The number of carbonyl (C=O) groups excluding carboxylic acids is 2. The van der Waals surface area contributed by atoms with E-state index in [1.54, 1.807) is 48.6 Å². The molecule has 0 saturated carbocycles. The molecule has 0 radical (unpaired) electrons. The Morgan fingerprint density at radius 3 is 2.52 bits per heavy atom. The molecule has 13 heteroatoms. The maximum atomic E-state index is 15.9. The molecule has 3 aliphatic heterocycles. The quantitative estimate of drug-likeness (QED) is 0.210. The highest BCUT2D eigenvalue weighted by Gasteiger charge is 2.48. The summed E-state index contributed by atoms with van der Waals surface area (Å²) in [5, 5.41) is 3.93. The Morgan fingerprint density at radius 2 is 1.81 bits per heavy atom. The van der Waals surface area contributed by atoms with Crippen LogP contribution in [0.1, 0.15) is 43.2 Å². The lowest BCUT2D eigenvalue weighted by molar-refractivity contribution is -0.136. The number of hydrogen-bond donors (Lipinski definition) is 1. The predicted octanol–water partition coefficient (Wildman–Crippen LogP) is 6.37. The molecular formula is C39H41ClF3N5O4. The number of imide groups is 1. The van der Waals surface area contributed by atoms with Crippen molar-refractivity contribution in [1.82, 2.24) is 19.8 Å². The molecule has 2 atom stereocenters. The van der Waals surface area contributed by atoms with E-state index in [1.165, 1.54) is 23.9 Å². The van der Waals surface area contributed by atoms with E-state index in [0.29, 0.717) is 84.7 Å². The topological polar surface area (TPSA) is 96.8 Å². The molecule has 3 aliphatic rings. The van der Waals surface area contributed by atoms with Gasteiger partial charge in [-0.1, -0.05) is 17.7 Å². The van der Waals surface area contributed by atoms with Crippen molar-refractivity contribution in [2.24, 2.45) is 24.8 Å². The normalized spacial score (nSPS) is 21.4. The lowest BCUT2D eigenvalue weighted by atomic mass is 9.76. The Labute approximate surface area is 304 Å². The smallest absolute Gasteiger partial charge is 0.263 e. The molecule has 3 saturated heterocycles. The van der Waals surface area contributed by atoms with Crippen molar-refractivity contribution in [3.05, 3.63) is 87.3 Å². The van der Waals surface area contributed by atoms with E-state index in [4.69, 9.17) is 16.3 Å². The number of pyridine rings is 2. The molecule has 0 bridgehead atoms. The molecule has 5 heterocycles. The molecule has 7 rings (SSSR count). The lowest BCUT2D eigenvalue weighted by Crippen LogP contribution is -2.52. The van der Waals surface area contributed by atoms with Gasteiger partial charge in [-0.25, -0.2) is 13.2 Å². The monoisotopic (exact) mass is 735 g/mol. The van der Waals surface area contributed by atoms with Crippen LogP contribution in [-0.2, 0) is 29.6 Å². The zero-order chi connectivity index (χ0) is 36.7. The van der Waals surface area contributed by atoms with Gasteiger partial charge in [0, 0.05) is 79.7 Å². The second kappa shape index (κ2) is 14.5. The number of piperidine rings is 3. The summed E-state index contributed by atoms with van der Waals surface area (Å²) in [6, 6.07) is 10.3. The Bertz CT molecular complexity index is 2080. The highest BCUT2D eigenvalue weighted by atomic mass is 35.5. The summed E-state index contributed by atoms with van der Waals surface area (Å²) in [5.41, 5.74) is 3.08. The number of carbonyl (C=O) groups is 2. The molecule has 2 aromatic heterocycles. The van der Waals surface area contributed by atoms with Crippen LogP contribution in [0.15, 0.2) is 59.8 Å². The highest BCUT2D eigenvalue weighted by molar-refractivity contribution is 6.32. The zero-order valence-corrected chi connectivity index (χ0v) is 29.9. The van der Waals surface area contributed by atoms with Gasteiger partial charge in [-0.05, 0) is 91.4 Å². The van der Waals surface area contributed by atoms with Gasteiger partial charge in [0.15, 0.2) is 0 Å². The molecule has 52 heavy (non-hydrogen) atoms. The van der Waals surface area contributed by atoms with Crippen LogP contribution in [0.4, 0.5) is 18.9 Å². The summed E-state index contributed by atoms with van der Waals surface area (Å²) < 4.78 is 54.3. The number of hydrogen-bond acceptors (Lipinski definition) is 7. The largest absolute Gasteiger partial charge is 0.496 e. The number of rotatable bonds is 8. The van der Waals surface area contributed by atoms with Crippen molar-refractivity contribution in [2.45, 2.75) is 51.0 Å². The van der Waals surface area contributed by atoms with Crippen LogP contribution in [0.2, 0.25) is 5.02 Å². The van der Waals surface area contributed by atoms with Gasteiger partial charge in [-0.3, -0.25) is 29.6 Å². The van der Waals surface area contributed by atoms with Crippen LogP contribution in [-0.4, -0.2) is 65.5 Å². The van der Waals surface area contributed by atoms with Crippen LogP contribution in [0, 0.1) is 23.6 Å². The Kier molecular flexibility index (Phi) is 10.1. The third-order valence-electron chi connectivity index (χ3n) is 11.1. The van der Waals surface area contributed by atoms with Crippen molar-refractivity contribution < 1.29 is 27.5 Å². The van der Waals surface area contributed by atoms with Crippen LogP contribution < -0.4 is 20.5 Å². The molecule has 9 nitrogen and oxygen atoms in total. The van der Waals surface area contributed by atoms with Crippen LogP contribution in [0.25, 0.3) is 21.9 Å². The zero-order valence-electron chi connectivity index (χ0n) is 29.1. The van der Waals surface area contributed by atoms with Gasteiger partial charge in [0.2, 0.25) is 11.8 Å². The van der Waals surface area contributed by atoms with E-state index in [1.807, 2.05) is 11.0 Å². The summed E-state index contributed by atoms with van der Waals surface area (Å²) in [6.45, 7) is 1.22. The Hall–Kier alpha value is -4.42. The summed E-state index contributed by atoms with van der Waals surface area (Å²) in [6.07, 6.45) is 7.37. The number of likely N-dealkylation sites (tertiary alicyclic amines) is 1. The first kappa shape index (κ1) is 36.0. The van der Waals surface area contributed by atoms with Gasteiger partial charge in [0.1, 0.15) is 11.6 Å². The molecule has 0 spiro atoms. The van der Waals surface area contributed by atoms with Crippen molar-refractivity contribution >= 4 is 39.9 Å². The van der Waals surface area contributed by atoms with Gasteiger partial charge < -0.3 is 14.2 Å². The van der Waals surface area contributed by atoms with Crippen LogP contribution >= 0.6 is 11.6 Å². The number of aryl methyl sites for hydroxylation is 1. The molecule has 4 aromatic rings. The molecule has 2 aromatic carbocycles. The molecule has 1 N–H and O–H groups in total. The maximum absolute atomic E-state index is 15.9. The molecule has 3 fully saturated rings. The maximum Gasteiger partial charge on any atom is 0.263 e. The second-order valence-electron chi connectivity index (χ2n) is 14.3. The second-order valence-corrected chi connectivity index (χ2v) is 14.8. The first-order valence-corrected chi connectivity index (χ1v) is 18.1. The van der Waals surface area contributed by atoms with Gasteiger partial charge in [-0.15, -0.1) is 0 Å². The van der Waals surface area contributed by atoms with Crippen LogP contribution in [0.3, 0.4) is 0 Å². The van der Waals surface area contributed by atoms with Crippen molar-refractivity contribution in [3.8, 4) is 16.9 Å². The predicted molar refractivity (Wildman–Crippen MR) is 193 cm³/mol. The number of anilines is 1. The number of aromatic nitrogens is 2. The molecule has 0 aliphatic carbocycles. The number of ether oxygens (including phenoxy) is 1. The number of amides is 2. The molecule has 2 amide bonds. The van der Waals surface area contributed by atoms with Crippen molar-refractivity contribution in [3.63, 3.8) is 0 Å². The number of benzene rings is 2. The third-order valence-corrected chi connectivity index (χ3v) is 11.4. The lowest BCUT2D eigenvalue weighted by Gasteiger charge is -2.45. The summed E-state index contributed by atoms with van der Waals surface area (Å²) in [4.78, 5) is 44.0. The van der Waals surface area contributed by atoms with Crippen molar-refractivity contribution in [1.29, 1.82) is 0 Å². The summed E-state index contributed by atoms with van der Waals surface area (Å²) in [7, 11) is 3.20. The molecule has 274 valence electrons. The average Bonchev–Trinajstić information content (AvgIpc) is 3.12. The number of nitrogens with one attached hydrogen (secondary N) is 1. The minimum Gasteiger partial charge on any atom is -0.496 e. The number of nitrogens with zero attached hydrogens (tertiary/aromatic N) is 4. The fraction of sp³-hybridized carbons (Fsp3) is 0.436. The fourth-order valence-electron chi connectivity index (χ4n) is 8.30. The van der Waals surface area contributed by atoms with Gasteiger partial charge in [0.25, 0.3) is 11.5 Å². The average molecular weight is 736 g/mol. The van der Waals surface area contributed by atoms with Gasteiger partial charge in [0.05, 0.1) is 24.7 Å². The minimum absolute atomic E-state index is 0.166. The third kappa shape index (κ3) is 7.15. The fourth-order valence-corrected chi connectivity index (χ4v) is 8.58. The van der Waals surface area contributed by atoms with E-state index < -0.39 is 24.2 Å². The van der Waals surface area contributed by atoms with Crippen molar-refractivity contribution in [2.75, 3.05) is 38.2 Å². The van der Waals surface area contributed by atoms with E-state index in [0.717, 1.165) is 16.5 Å². The number of halogens is 4. The number of alkyl halides is 2. The van der Waals surface area contributed by atoms with E-state index in [-0.39, 0.29) is 42.2 Å². The summed E-state index contributed by atoms with van der Waals surface area (Å²) >= 11 is 6.83. The Morgan fingerprint density at radius 1 is 1.02 bits per heavy atom. The highest BCUT2D eigenvalue weighted by Crippen LogP contribution is 2.44. The molecule has 2 unspecified atom stereocenters. The standard InChI is InChI=1S/C39H41ClF3N5O4/c1-46-20-29(27-7-11-44-19-28(27)38(46)51)26-17-32(40)30(35(18-26)52-2)21-47-12-10-31(39(42,43)22-47)24-8-13-48(14-9-24)34-5-3-23(16-33(34)41)15-25-4-6-36(49)45-37(25)50/h3,5,7,11,16-20,24-25,31H,4,6,8-10,12-15,21-22H2,1-2H3,(H,45,49,50). The minimum atomic E-state index is -2.92.